The molecule has 2 nitrogen and oxygen atoms in total. The van der Waals surface area contributed by atoms with E-state index in [1.54, 1.807) is 20.1 Å². The zero-order valence-electron chi connectivity index (χ0n) is 7.02. The Morgan fingerprint density at radius 3 is 2.45 bits per heavy atom. The van der Waals surface area contributed by atoms with E-state index < -0.39 is 0 Å². The molecular formula is C8H13BrO2. The van der Waals surface area contributed by atoms with E-state index in [9.17, 15) is 0 Å². The molecule has 3 heteroatoms. The lowest BCUT2D eigenvalue weighted by Crippen LogP contribution is -1.91. The van der Waals surface area contributed by atoms with Crippen LogP contribution < -0.4 is 0 Å². The molecule has 0 aromatic heterocycles. The summed E-state index contributed by atoms with van der Waals surface area (Å²) in [7, 11) is 1.64. The van der Waals surface area contributed by atoms with Gasteiger partial charge in [0, 0.05) is 11.6 Å². The van der Waals surface area contributed by atoms with Crippen LogP contribution in [0.25, 0.3) is 0 Å². The predicted octanol–water partition coefficient (Wildman–Crippen LogP) is 2.76. The first-order chi connectivity index (χ1) is 5.07. The van der Waals surface area contributed by atoms with Gasteiger partial charge >= 0.3 is 0 Å². The van der Waals surface area contributed by atoms with Crippen LogP contribution in [0, 0.1) is 0 Å². The van der Waals surface area contributed by atoms with E-state index in [0.717, 1.165) is 10.1 Å². The molecule has 0 radical (unpaired) electrons. The lowest BCUT2D eigenvalue weighted by molar-refractivity contribution is 0.225. The summed E-state index contributed by atoms with van der Waals surface area (Å²) in [6.45, 7) is 4.14. The van der Waals surface area contributed by atoms with E-state index >= 15 is 0 Å². The van der Waals surface area contributed by atoms with Crippen molar-refractivity contribution in [1.29, 1.82) is 0 Å². The maximum Gasteiger partial charge on any atom is 0.0902 e. The van der Waals surface area contributed by atoms with Gasteiger partial charge in [-0.25, -0.2) is 0 Å². The molecule has 0 aromatic rings. The second kappa shape index (κ2) is 5.38. The van der Waals surface area contributed by atoms with Crippen LogP contribution in [-0.2, 0) is 4.74 Å². The molecule has 0 bridgehead atoms. The van der Waals surface area contributed by atoms with Gasteiger partial charge in [-0.15, -0.1) is 0 Å². The van der Waals surface area contributed by atoms with Crippen LogP contribution in [0.2, 0.25) is 0 Å². The minimum absolute atomic E-state index is 0.285. The van der Waals surface area contributed by atoms with Crippen molar-refractivity contribution >= 4 is 15.9 Å². The highest BCUT2D eigenvalue weighted by molar-refractivity contribution is 9.11. The van der Waals surface area contributed by atoms with Crippen LogP contribution in [0.5, 0.6) is 0 Å². The van der Waals surface area contributed by atoms with Gasteiger partial charge in [0.1, 0.15) is 0 Å². The number of ether oxygens (including phenoxy) is 1. The normalized spacial score (nSPS) is 14.7. The fourth-order valence-electron chi connectivity index (χ4n) is 0.592. The first-order valence-electron chi connectivity index (χ1n) is 3.29. The summed E-state index contributed by atoms with van der Waals surface area (Å²) in [5.74, 6) is 0.285. The van der Waals surface area contributed by atoms with Gasteiger partial charge in [-0.2, -0.15) is 0 Å². The van der Waals surface area contributed by atoms with Gasteiger partial charge in [-0.3, -0.25) is 0 Å². The van der Waals surface area contributed by atoms with Crippen molar-refractivity contribution in [3.8, 4) is 0 Å². The molecule has 0 heterocycles. The third-order valence-electron chi connectivity index (χ3n) is 1.10. The second-order valence-electron chi connectivity index (χ2n) is 2.35. The Hall–Kier alpha value is -0.280. The van der Waals surface area contributed by atoms with E-state index in [0.29, 0.717) is 6.61 Å². The maximum absolute atomic E-state index is 8.90. The Labute approximate surface area is 75.7 Å². The molecule has 0 unspecified atom stereocenters. The van der Waals surface area contributed by atoms with Gasteiger partial charge in [-0.1, -0.05) is 15.9 Å². The Balaban J connectivity index is 4.27. The molecule has 0 fully saturated rings. The van der Waals surface area contributed by atoms with Crippen molar-refractivity contribution in [2.45, 2.75) is 13.8 Å². The molecule has 0 aliphatic carbocycles. The molecule has 0 spiro atoms. The zero-order chi connectivity index (χ0) is 8.85. The molecule has 0 aliphatic rings. The van der Waals surface area contributed by atoms with Crippen molar-refractivity contribution < 1.29 is 9.84 Å². The molecule has 11 heavy (non-hydrogen) atoms. The van der Waals surface area contributed by atoms with Crippen LogP contribution in [-0.4, -0.2) is 18.8 Å². The third kappa shape index (κ3) is 5.04. The molecule has 0 atom stereocenters. The van der Waals surface area contributed by atoms with Gasteiger partial charge in [-0.05, 0) is 25.5 Å². The van der Waals surface area contributed by atoms with E-state index in [4.69, 9.17) is 9.84 Å². The summed E-state index contributed by atoms with van der Waals surface area (Å²) in [6.07, 6.45) is 1.65. The van der Waals surface area contributed by atoms with Crippen LogP contribution in [0.3, 0.4) is 0 Å². The van der Waals surface area contributed by atoms with Crippen molar-refractivity contribution in [1.82, 2.24) is 0 Å². The lowest BCUT2D eigenvalue weighted by atomic mass is 10.3. The number of allylic oxidation sites excluding steroid dienone is 3. The zero-order valence-corrected chi connectivity index (χ0v) is 8.60. The summed E-state index contributed by atoms with van der Waals surface area (Å²) in [5, 5.41) is 8.90. The Morgan fingerprint density at radius 2 is 2.09 bits per heavy atom. The average molecular weight is 221 g/mol. The first kappa shape index (κ1) is 10.7. The molecule has 1 N–H and O–H groups in total. The number of hydrogen-bond acceptors (Lipinski definition) is 2. The number of halogens is 1. The van der Waals surface area contributed by atoms with Crippen molar-refractivity contribution in [3.63, 3.8) is 0 Å². The van der Waals surface area contributed by atoms with Crippen molar-refractivity contribution in [2.24, 2.45) is 0 Å². The maximum atomic E-state index is 8.90. The highest BCUT2D eigenvalue weighted by Gasteiger charge is 1.95. The summed E-state index contributed by atoms with van der Waals surface area (Å²) >= 11 is 3.31. The predicted molar refractivity (Wildman–Crippen MR) is 49.9 cm³/mol. The monoisotopic (exact) mass is 220 g/mol. The Kier molecular flexibility index (Phi) is 5.24. The smallest absolute Gasteiger partial charge is 0.0902 e. The molecule has 0 aromatic carbocycles. The minimum Gasteiger partial charge on any atom is -0.513 e. The van der Waals surface area contributed by atoms with E-state index in [2.05, 4.69) is 15.9 Å². The summed E-state index contributed by atoms with van der Waals surface area (Å²) < 4.78 is 5.78. The summed E-state index contributed by atoms with van der Waals surface area (Å²) in [6, 6.07) is 0. The molecular weight excluding hydrogens is 208 g/mol. The van der Waals surface area contributed by atoms with E-state index in [1.807, 2.05) is 6.92 Å². The van der Waals surface area contributed by atoms with E-state index in [1.165, 1.54) is 0 Å². The fraction of sp³-hybridized carbons (Fsp3) is 0.500. The van der Waals surface area contributed by atoms with Crippen LogP contribution in [0.4, 0.5) is 0 Å². The van der Waals surface area contributed by atoms with Gasteiger partial charge in [0.2, 0.25) is 0 Å². The van der Waals surface area contributed by atoms with Crippen LogP contribution in [0.1, 0.15) is 13.8 Å². The Bertz CT molecular complexity index is 179. The molecule has 0 saturated heterocycles. The highest BCUT2D eigenvalue weighted by atomic mass is 79.9. The summed E-state index contributed by atoms with van der Waals surface area (Å²) in [5.41, 5.74) is 1.06. The largest absolute Gasteiger partial charge is 0.513 e. The molecule has 0 aliphatic heterocycles. The third-order valence-corrected chi connectivity index (χ3v) is 2.01. The number of hydrogen-bond donors (Lipinski definition) is 1. The van der Waals surface area contributed by atoms with Crippen LogP contribution >= 0.6 is 15.9 Å². The summed E-state index contributed by atoms with van der Waals surface area (Å²) in [4.78, 5) is 0. The fourth-order valence-corrected chi connectivity index (χ4v) is 1.04. The van der Waals surface area contributed by atoms with E-state index in [-0.39, 0.29) is 5.76 Å². The number of methoxy groups -OCH3 is 1. The highest BCUT2D eigenvalue weighted by Crippen LogP contribution is 2.14. The second-order valence-corrected chi connectivity index (χ2v) is 3.20. The molecule has 64 valence electrons. The van der Waals surface area contributed by atoms with Crippen molar-refractivity contribution in [2.75, 3.05) is 13.7 Å². The topological polar surface area (TPSA) is 29.5 Å². The number of rotatable bonds is 3. The van der Waals surface area contributed by atoms with Crippen LogP contribution in [0.15, 0.2) is 21.9 Å². The SMILES string of the molecule is COC/C(C)=C(\Br)C=C(C)O. The molecule has 0 saturated carbocycles. The lowest BCUT2D eigenvalue weighted by Gasteiger charge is -2.00. The average Bonchev–Trinajstić information content (AvgIpc) is 1.86. The quantitative estimate of drug-likeness (QED) is 0.586. The van der Waals surface area contributed by atoms with Gasteiger partial charge in [0.15, 0.2) is 0 Å². The molecule has 0 rings (SSSR count). The molecule has 0 amide bonds. The van der Waals surface area contributed by atoms with Gasteiger partial charge in [0.05, 0.1) is 12.4 Å². The number of aliphatic hydroxyl groups excluding tert-OH is 1. The number of aliphatic hydroxyl groups is 1. The van der Waals surface area contributed by atoms with Crippen molar-refractivity contribution in [3.05, 3.63) is 21.9 Å². The van der Waals surface area contributed by atoms with Gasteiger partial charge < -0.3 is 9.84 Å². The standard InChI is InChI=1S/C8H13BrO2/c1-6(5-11-3)8(9)4-7(2)10/h4,10H,5H2,1-3H3/b7-4?,8-6-. The van der Waals surface area contributed by atoms with Gasteiger partial charge in [0.25, 0.3) is 0 Å². The first-order valence-corrected chi connectivity index (χ1v) is 4.08. The Morgan fingerprint density at radius 1 is 1.55 bits per heavy atom. The minimum atomic E-state index is 0.285.